The molecule has 1 aliphatic rings. The van der Waals surface area contributed by atoms with Crippen LogP contribution in [0.5, 0.6) is 5.75 Å². The van der Waals surface area contributed by atoms with Crippen LogP contribution < -0.4 is 10.1 Å². The minimum Gasteiger partial charge on any atom is -0.495 e. The number of anilines is 1. The van der Waals surface area contributed by atoms with Crippen LogP contribution in [0.4, 0.5) is 5.69 Å². The minimum atomic E-state index is 0.386. The summed E-state index contributed by atoms with van der Waals surface area (Å²) in [6, 6.07) is 10.7. The standard InChI is InChI=1S/C17H20ClNOS/c1-20-15-9-8-13(11-14(15)18)19-17(12-5-2-3-6-12)16-7-4-10-21-16/h4,7-12,17,19H,2-3,5-6H2,1H3. The number of methoxy groups -OCH3 is 1. The maximum Gasteiger partial charge on any atom is 0.137 e. The highest BCUT2D eigenvalue weighted by Gasteiger charge is 2.27. The first-order chi connectivity index (χ1) is 10.3. The van der Waals surface area contributed by atoms with Gasteiger partial charge in [0, 0.05) is 10.6 Å². The molecule has 0 bridgehead atoms. The highest BCUT2D eigenvalue weighted by molar-refractivity contribution is 7.10. The highest BCUT2D eigenvalue weighted by Crippen LogP contribution is 2.40. The topological polar surface area (TPSA) is 21.3 Å². The van der Waals surface area contributed by atoms with Gasteiger partial charge in [0.05, 0.1) is 18.2 Å². The Kier molecular flexibility index (Phi) is 4.71. The largest absolute Gasteiger partial charge is 0.495 e. The molecule has 1 saturated carbocycles. The van der Waals surface area contributed by atoms with Crippen LogP contribution in [0.15, 0.2) is 35.7 Å². The quantitative estimate of drug-likeness (QED) is 0.756. The third-order valence-corrected chi connectivity index (χ3v) is 5.45. The summed E-state index contributed by atoms with van der Waals surface area (Å²) < 4.78 is 5.22. The van der Waals surface area contributed by atoms with Crippen molar-refractivity contribution in [1.82, 2.24) is 0 Å². The lowest BCUT2D eigenvalue weighted by molar-refractivity contribution is 0.415. The zero-order valence-electron chi connectivity index (χ0n) is 12.1. The number of hydrogen-bond acceptors (Lipinski definition) is 3. The van der Waals surface area contributed by atoms with Crippen LogP contribution in [0.1, 0.15) is 36.6 Å². The van der Waals surface area contributed by atoms with Gasteiger partial charge in [-0.25, -0.2) is 0 Å². The van der Waals surface area contributed by atoms with Gasteiger partial charge in [0.25, 0.3) is 0 Å². The van der Waals surface area contributed by atoms with Crippen molar-refractivity contribution in [3.8, 4) is 5.75 Å². The van der Waals surface area contributed by atoms with Crippen molar-refractivity contribution < 1.29 is 4.74 Å². The van der Waals surface area contributed by atoms with E-state index in [9.17, 15) is 0 Å². The second-order valence-electron chi connectivity index (χ2n) is 5.53. The zero-order valence-corrected chi connectivity index (χ0v) is 13.7. The molecule has 2 aromatic rings. The molecule has 0 amide bonds. The Balaban J connectivity index is 1.82. The highest BCUT2D eigenvalue weighted by atomic mass is 35.5. The molecule has 1 unspecified atom stereocenters. The first kappa shape index (κ1) is 14.7. The molecule has 0 aliphatic heterocycles. The van der Waals surface area contributed by atoms with Gasteiger partial charge in [-0.1, -0.05) is 30.5 Å². The summed E-state index contributed by atoms with van der Waals surface area (Å²) in [6.45, 7) is 0. The lowest BCUT2D eigenvalue weighted by Gasteiger charge is -2.25. The van der Waals surface area contributed by atoms with E-state index in [0.29, 0.717) is 17.0 Å². The van der Waals surface area contributed by atoms with Gasteiger partial charge in [-0.3, -0.25) is 0 Å². The third-order valence-electron chi connectivity index (χ3n) is 4.19. The third kappa shape index (κ3) is 3.35. The molecule has 1 atom stereocenters. The smallest absolute Gasteiger partial charge is 0.137 e. The number of halogens is 1. The van der Waals surface area contributed by atoms with Crippen molar-refractivity contribution in [2.24, 2.45) is 5.92 Å². The molecule has 0 spiro atoms. The summed E-state index contributed by atoms with van der Waals surface area (Å²) in [6.07, 6.45) is 5.30. The van der Waals surface area contributed by atoms with E-state index in [0.717, 1.165) is 11.4 Å². The van der Waals surface area contributed by atoms with Crippen molar-refractivity contribution in [3.05, 3.63) is 45.6 Å². The normalized spacial score (nSPS) is 16.9. The molecule has 0 radical (unpaired) electrons. The fourth-order valence-electron chi connectivity index (χ4n) is 3.12. The number of benzene rings is 1. The average molecular weight is 322 g/mol. The predicted octanol–water partition coefficient (Wildman–Crippen LogP) is 5.75. The van der Waals surface area contributed by atoms with Gasteiger partial charge in [-0.15, -0.1) is 11.3 Å². The van der Waals surface area contributed by atoms with E-state index in [1.54, 1.807) is 7.11 Å². The van der Waals surface area contributed by atoms with Crippen LogP contribution in [0.2, 0.25) is 5.02 Å². The second-order valence-corrected chi connectivity index (χ2v) is 6.92. The number of rotatable bonds is 5. The minimum absolute atomic E-state index is 0.386. The monoisotopic (exact) mass is 321 g/mol. The van der Waals surface area contributed by atoms with Crippen LogP contribution in [-0.2, 0) is 0 Å². The van der Waals surface area contributed by atoms with E-state index >= 15 is 0 Å². The molecule has 21 heavy (non-hydrogen) atoms. The fraction of sp³-hybridized carbons (Fsp3) is 0.412. The Hall–Kier alpha value is -1.19. The maximum absolute atomic E-state index is 6.24. The molecule has 0 saturated heterocycles. The SMILES string of the molecule is COc1ccc(NC(c2cccs2)C2CCCC2)cc1Cl. The fourth-order valence-corrected chi connectivity index (χ4v) is 4.24. The molecule has 2 nitrogen and oxygen atoms in total. The molecule has 3 rings (SSSR count). The zero-order chi connectivity index (χ0) is 14.7. The number of nitrogens with one attached hydrogen (secondary N) is 1. The Morgan fingerprint density at radius 1 is 1.29 bits per heavy atom. The second kappa shape index (κ2) is 6.71. The molecule has 1 fully saturated rings. The van der Waals surface area contributed by atoms with E-state index in [-0.39, 0.29) is 0 Å². The Bertz CT molecular complexity index is 578. The number of thiophene rings is 1. The Morgan fingerprint density at radius 2 is 2.10 bits per heavy atom. The van der Waals surface area contributed by atoms with Crippen LogP contribution >= 0.6 is 22.9 Å². The van der Waals surface area contributed by atoms with Gasteiger partial charge in [-0.05, 0) is 48.4 Å². The van der Waals surface area contributed by atoms with E-state index < -0.39 is 0 Å². The van der Waals surface area contributed by atoms with Crippen molar-refractivity contribution in [2.75, 3.05) is 12.4 Å². The van der Waals surface area contributed by atoms with Crippen LogP contribution in [0.25, 0.3) is 0 Å². The molecule has 4 heteroatoms. The van der Waals surface area contributed by atoms with E-state index in [2.05, 4.69) is 22.8 Å². The molecule has 112 valence electrons. The summed E-state index contributed by atoms with van der Waals surface area (Å²) in [4.78, 5) is 1.41. The van der Waals surface area contributed by atoms with E-state index in [1.807, 2.05) is 29.5 Å². The van der Waals surface area contributed by atoms with Crippen molar-refractivity contribution in [2.45, 2.75) is 31.7 Å². The maximum atomic E-state index is 6.24. The number of hydrogen-bond donors (Lipinski definition) is 1. The van der Waals surface area contributed by atoms with Gasteiger partial charge in [-0.2, -0.15) is 0 Å². The Labute approximate surface area is 135 Å². The number of ether oxygens (including phenoxy) is 1. The molecule has 1 aliphatic carbocycles. The summed E-state index contributed by atoms with van der Waals surface area (Å²) in [5.41, 5.74) is 1.06. The summed E-state index contributed by atoms with van der Waals surface area (Å²) in [5.74, 6) is 1.43. The van der Waals surface area contributed by atoms with E-state index in [1.165, 1.54) is 30.6 Å². The first-order valence-corrected chi connectivity index (χ1v) is 8.67. The van der Waals surface area contributed by atoms with Gasteiger partial charge in [0.2, 0.25) is 0 Å². The summed E-state index contributed by atoms with van der Waals surface area (Å²) >= 11 is 8.06. The average Bonchev–Trinajstić information content (AvgIpc) is 3.18. The van der Waals surface area contributed by atoms with Gasteiger partial charge in [0.15, 0.2) is 0 Å². The van der Waals surface area contributed by atoms with Crippen LogP contribution in [0.3, 0.4) is 0 Å². The van der Waals surface area contributed by atoms with Crippen molar-refractivity contribution >= 4 is 28.6 Å². The molecule has 1 aromatic heterocycles. The van der Waals surface area contributed by atoms with Crippen molar-refractivity contribution in [1.29, 1.82) is 0 Å². The molecule has 1 N–H and O–H groups in total. The van der Waals surface area contributed by atoms with E-state index in [4.69, 9.17) is 16.3 Å². The first-order valence-electron chi connectivity index (χ1n) is 7.41. The molecule has 1 heterocycles. The Morgan fingerprint density at radius 3 is 2.71 bits per heavy atom. The lowest BCUT2D eigenvalue weighted by atomic mass is 9.96. The summed E-state index contributed by atoms with van der Waals surface area (Å²) in [5, 5.41) is 6.49. The lowest BCUT2D eigenvalue weighted by Crippen LogP contribution is -2.17. The van der Waals surface area contributed by atoms with Crippen LogP contribution in [0, 0.1) is 5.92 Å². The van der Waals surface area contributed by atoms with Gasteiger partial charge >= 0.3 is 0 Å². The molecular formula is C17H20ClNOS. The van der Waals surface area contributed by atoms with Gasteiger partial charge in [0.1, 0.15) is 5.75 Å². The van der Waals surface area contributed by atoms with Gasteiger partial charge < -0.3 is 10.1 Å². The predicted molar refractivity (Wildman–Crippen MR) is 90.6 cm³/mol. The molecule has 1 aromatic carbocycles. The van der Waals surface area contributed by atoms with Crippen LogP contribution in [-0.4, -0.2) is 7.11 Å². The van der Waals surface area contributed by atoms with Crippen molar-refractivity contribution in [3.63, 3.8) is 0 Å². The summed E-state index contributed by atoms with van der Waals surface area (Å²) in [7, 11) is 1.64. The molecular weight excluding hydrogens is 302 g/mol.